The molecule has 0 aliphatic rings. The van der Waals surface area contributed by atoms with Gasteiger partial charge in [-0.3, -0.25) is 19.2 Å². The SMILES string of the molecule is CCCC(=O)Oc1ccc(C[C@H](N)C(=O)O[C@@H](C)C(C)OC(=O)C(C)(C)CC)cc1OC(=O)CCC. The third kappa shape index (κ3) is 9.97. The molecule has 1 unspecified atom stereocenters. The quantitative estimate of drug-likeness (QED) is 0.290. The van der Waals surface area contributed by atoms with E-state index in [4.69, 9.17) is 24.7 Å². The van der Waals surface area contributed by atoms with Crippen LogP contribution in [0.25, 0.3) is 0 Å². The molecular weight excluding hydrogens is 466 g/mol. The lowest BCUT2D eigenvalue weighted by molar-refractivity contribution is -0.172. The predicted octanol–water partition coefficient (Wildman–Crippen LogP) is 4.27. The largest absolute Gasteiger partial charge is 0.458 e. The highest BCUT2D eigenvalue weighted by Gasteiger charge is 2.31. The maximum absolute atomic E-state index is 12.6. The highest BCUT2D eigenvalue weighted by molar-refractivity contribution is 5.78. The summed E-state index contributed by atoms with van der Waals surface area (Å²) in [4.78, 5) is 48.9. The Morgan fingerprint density at radius 2 is 1.39 bits per heavy atom. The van der Waals surface area contributed by atoms with E-state index in [0.717, 1.165) is 0 Å². The second kappa shape index (κ2) is 14.6. The van der Waals surface area contributed by atoms with Crippen molar-refractivity contribution in [3.05, 3.63) is 23.8 Å². The minimum Gasteiger partial charge on any atom is -0.458 e. The molecule has 0 saturated carbocycles. The van der Waals surface area contributed by atoms with Gasteiger partial charge in [-0.1, -0.05) is 26.8 Å². The topological polar surface area (TPSA) is 131 Å². The van der Waals surface area contributed by atoms with Gasteiger partial charge in [0.15, 0.2) is 11.5 Å². The third-order valence-corrected chi connectivity index (χ3v) is 5.81. The number of ether oxygens (including phenoxy) is 4. The zero-order valence-electron chi connectivity index (χ0n) is 22.6. The Morgan fingerprint density at radius 3 is 1.92 bits per heavy atom. The Labute approximate surface area is 214 Å². The molecule has 2 N–H and O–H groups in total. The molecule has 0 aliphatic heterocycles. The molecule has 0 bridgehead atoms. The highest BCUT2D eigenvalue weighted by Crippen LogP contribution is 2.30. The van der Waals surface area contributed by atoms with Crippen LogP contribution in [-0.4, -0.2) is 42.1 Å². The Morgan fingerprint density at radius 1 is 0.861 bits per heavy atom. The smallest absolute Gasteiger partial charge is 0.323 e. The standard InChI is InChI=1S/C27H41NO8/c1-8-11-23(29)35-21-14-13-19(16-22(21)36-24(30)12-9-2)15-20(28)25(31)33-17(4)18(5)34-26(32)27(6,7)10-3/h13-14,16-18,20H,8-12,15,28H2,1-7H3/t17-,18?,20-/m0/s1. The van der Waals surface area contributed by atoms with Gasteiger partial charge in [0.05, 0.1) is 5.41 Å². The van der Waals surface area contributed by atoms with Crippen LogP contribution < -0.4 is 15.2 Å². The van der Waals surface area contributed by atoms with E-state index in [2.05, 4.69) is 0 Å². The van der Waals surface area contributed by atoms with E-state index in [1.54, 1.807) is 33.8 Å². The summed E-state index contributed by atoms with van der Waals surface area (Å²) in [5.41, 5.74) is 6.03. The fourth-order valence-corrected chi connectivity index (χ4v) is 2.87. The number of hydrogen-bond acceptors (Lipinski definition) is 9. The van der Waals surface area contributed by atoms with E-state index in [9.17, 15) is 19.2 Å². The van der Waals surface area contributed by atoms with E-state index in [0.29, 0.717) is 24.8 Å². The van der Waals surface area contributed by atoms with E-state index in [1.807, 2.05) is 20.8 Å². The van der Waals surface area contributed by atoms with Crippen LogP contribution in [0.15, 0.2) is 18.2 Å². The number of carbonyl (C=O) groups is 4. The first kappa shape index (κ1) is 31.1. The summed E-state index contributed by atoms with van der Waals surface area (Å²) in [6.45, 7) is 12.5. The number of carbonyl (C=O) groups excluding carboxylic acids is 4. The van der Waals surface area contributed by atoms with Gasteiger partial charge in [0.2, 0.25) is 0 Å². The molecule has 0 aliphatic carbocycles. The average Bonchev–Trinajstić information content (AvgIpc) is 2.80. The fraction of sp³-hybridized carbons (Fsp3) is 0.630. The van der Waals surface area contributed by atoms with E-state index < -0.39 is 41.6 Å². The zero-order valence-corrected chi connectivity index (χ0v) is 22.6. The molecule has 0 aromatic heterocycles. The van der Waals surface area contributed by atoms with Crippen LogP contribution in [0.4, 0.5) is 0 Å². The van der Waals surface area contributed by atoms with Crippen LogP contribution in [0.2, 0.25) is 0 Å². The van der Waals surface area contributed by atoms with Crippen LogP contribution in [0.5, 0.6) is 11.5 Å². The van der Waals surface area contributed by atoms with Crippen molar-refractivity contribution < 1.29 is 38.1 Å². The van der Waals surface area contributed by atoms with Gasteiger partial charge in [0.25, 0.3) is 0 Å². The highest BCUT2D eigenvalue weighted by atomic mass is 16.6. The summed E-state index contributed by atoms with van der Waals surface area (Å²) in [6.07, 6.45) is 0.992. The first-order chi connectivity index (χ1) is 16.8. The third-order valence-electron chi connectivity index (χ3n) is 5.81. The van der Waals surface area contributed by atoms with Crippen molar-refractivity contribution in [2.45, 2.75) is 105 Å². The Hall–Kier alpha value is -2.94. The Bertz CT molecular complexity index is 911. The molecule has 0 amide bonds. The number of benzene rings is 1. The zero-order chi connectivity index (χ0) is 27.5. The molecule has 0 radical (unpaired) electrons. The molecule has 0 fully saturated rings. The average molecular weight is 508 g/mol. The van der Waals surface area contributed by atoms with Gasteiger partial charge >= 0.3 is 23.9 Å². The number of nitrogens with two attached hydrogens (primary N) is 1. The second-order valence-electron chi connectivity index (χ2n) is 9.53. The van der Waals surface area contributed by atoms with Crippen molar-refractivity contribution in [3.63, 3.8) is 0 Å². The number of hydrogen-bond donors (Lipinski definition) is 1. The summed E-state index contributed by atoms with van der Waals surface area (Å²) in [6, 6.07) is 3.65. The van der Waals surface area contributed by atoms with E-state index >= 15 is 0 Å². The first-order valence-electron chi connectivity index (χ1n) is 12.6. The summed E-state index contributed by atoms with van der Waals surface area (Å²) in [7, 11) is 0. The van der Waals surface area contributed by atoms with Crippen molar-refractivity contribution >= 4 is 23.9 Å². The van der Waals surface area contributed by atoms with Crippen molar-refractivity contribution in [2.24, 2.45) is 11.1 Å². The molecule has 1 aromatic rings. The molecule has 9 heteroatoms. The molecular formula is C27H41NO8. The van der Waals surface area contributed by atoms with Crippen LogP contribution in [-0.2, 0) is 35.1 Å². The van der Waals surface area contributed by atoms with Gasteiger partial charge in [-0.05, 0) is 71.1 Å². The Kier molecular flexibility index (Phi) is 12.6. The lowest BCUT2D eigenvalue weighted by Gasteiger charge is -2.27. The number of esters is 4. The molecule has 9 nitrogen and oxygen atoms in total. The lowest BCUT2D eigenvalue weighted by Crippen LogP contribution is -2.40. The van der Waals surface area contributed by atoms with Crippen molar-refractivity contribution in [3.8, 4) is 11.5 Å². The van der Waals surface area contributed by atoms with Gasteiger partial charge in [-0.25, -0.2) is 0 Å². The predicted molar refractivity (Wildman–Crippen MR) is 134 cm³/mol. The van der Waals surface area contributed by atoms with Crippen molar-refractivity contribution in [1.82, 2.24) is 0 Å². The Balaban J connectivity index is 2.88. The molecule has 0 saturated heterocycles. The number of rotatable bonds is 14. The molecule has 202 valence electrons. The monoisotopic (exact) mass is 507 g/mol. The minimum atomic E-state index is -1.02. The van der Waals surface area contributed by atoms with Crippen molar-refractivity contribution in [1.29, 1.82) is 0 Å². The maximum atomic E-state index is 12.6. The molecule has 36 heavy (non-hydrogen) atoms. The van der Waals surface area contributed by atoms with Crippen LogP contribution in [0.3, 0.4) is 0 Å². The van der Waals surface area contributed by atoms with Gasteiger partial charge in [-0.15, -0.1) is 0 Å². The maximum Gasteiger partial charge on any atom is 0.323 e. The molecule has 0 spiro atoms. The molecule has 0 heterocycles. The fourth-order valence-electron chi connectivity index (χ4n) is 2.87. The van der Waals surface area contributed by atoms with Gasteiger partial charge in [-0.2, -0.15) is 0 Å². The molecule has 3 atom stereocenters. The summed E-state index contributed by atoms with van der Waals surface area (Å²) in [5.74, 6) is -1.72. The van der Waals surface area contributed by atoms with E-state index in [-0.39, 0.29) is 36.7 Å². The summed E-state index contributed by atoms with van der Waals surface area (Å²) < 4.78 is 21.6. The van der Waals surface area contributed by atoms with Crippen LogP contribution in [0.1, 0.15) is 86.1 Å². The lowest BCUT2D eigenvalue weighted by atomic mass is 9.90. The summed E-state index contributed by atoms with van der Waals surface area (Å²) >= 11 is 0. The van der Waals surface area contributed by atoms with E-state index in [1.165, 1.54) is 12.1 Å². The van der Waals surface area contributed by atoms with Gasteiger partial charge < -0.3 is 24.7 Å². The first-order valence-corrected chi connectivity index (χ1v) is 12.6. The van der Waals surface area contributed by atoms with Gasteiger partial charge in [0.1, 0.15) is 18.2 Å². The summed E-state index contributed by atoms with van der Waals surface area (Å²) in [5, 5.41) is 0. The van der Waals surface area contributed by atoms with Gasteiger partial charge in [0, 0.05) is 12.8 Å². The molecule has 1 rings (SSSR count). The van der Waals surface area contributed by atoms with Crippen molar-refractivity contribution in [2.75, 3.05) is 0 Å². The molecule has 1 aromatic carbocycles. The minimum absolute atomic E-state index is 0.0865. The second-order valence-corrected chi connectivity index (χ2v) is 9.53. The van der Waals surface area contributed by atoms with Crippen LogP contribution in [0, 0.1) is 5.41 Å². The van der Waals surface area contributed by atoms with Crippen LogP contribution >= 0.6 is 0 Å². The normalized spacial score (nSPS) is 13.8.